The second kappa shape index (κ2) is 6.35. The molecule has 0 radical (unpaired) electrons. The summed E-state index contributed by atoms with van der Waals surface area (Å²) >= 11 is 0. The largest absolute Gasteiger partial charge is 0.381 e. The molecule has 5 rings (SSSR count). The lowest BCUT2D eigenvalue weighted by atomic mass is 10.1. The van der Waals surface area contributed by atoms with Crippen molar-refractivity contribution in [2.24, 2.45) is 7.05 Å². The van der Waals surface area contributed by atoms with Crippen molar-refractivity contribution < 1.29 is 4.74 Å². The van der Waals surface area contributed by atoms with E-state index < -0.39 is 0 Å². The van der Waals surface area contributed by atoms with Gasteiger partial charge in [-0.3, -0.25) is 4.68 Å². The smallest absolute Gasteiger partial charge is 0.154 e. The third-order valence-electron chi connectivity index (χ3n) is 5.49. The Hall–Kier alpha value is -2.93. The number of fused-ring (bicyclic) bond motifs is 2. The maximum Gasteiger partial charge on any atom is 0.154 e. The normalized spacial score (nSPS) is 15.6. The van der Waals surface area contributed by atoms with Crippen LogP contribution >= 0.6 is 0 Å². The Morgan fingerprint density at radius 1 is 1.11 bits per heavy atom. The molecule has 0 spiro atoms. The highest BCUT2D eigenvalue weighted by Gasteiger charge is 2.20. The van der Waals surface area contributed by atoms with Crippen LogP contribution < -0.4 is 4.90 Å². The first kappa shape index (κ1) is 16.3. The average Bonchev–Trinajstić information content (AvgIpc) is 3.31. The van der Waals surface area contributed by atoms with E-state index >= 15 is 0 Å². The minimum absolute atomic E-state index is 0.460. The van der Waals surface area contributed by atoms with Gasteiger partial charge in [-0.05, 0) is 31.0 Å². The van der Waals surface area contributed by atoms with E-state index in [1.54, 1.807) is 0 Å². The van der Waals surface area contributed by atoms with E-state index in [9.17, 15) is 0 Å². The van der Waals surface area contributed by atoms with E-state index in [-0.39, 0.29) is 0 Å². The lowest BCUT2D eigenvalue weighted by Gasteiger charge is -2.31. The Morgan fingerprint density at radius 3 is 2.81 bits per heavy atom. The first-order valence-electron chi connectivity index (χ1n) is 9.28. The third kappa shape index (κ3) is 2.75. The lowest BCUT2D eigenvalue weighted by Crippen LogP contribution is -2.37. The van der Waals surface area contributed by atoms with E-state index in [0.717, 1.165) is 59.7 Å². The summed E-state index contributed by atoms with van der Waals surface area (Å²) in [5, 5.41) is 10.4. The monoisotopic (exact) mass is 362 g/mol. The Balaban J connectivity index is 1.57. The molecule has 7 heteroatoms. The topological polar surface area (TPSA) is 60.5 Å². The Kier molecular flexibility index (Phi) is 3.82. The van der Waals surface area contributed by atoms with Crippen LogP contribution in [0.5, 0.6) is 0 Å². The molecule has 0 aliphatic carbocycles. The fourth-order valence-corrected chi connectivity index (χ4v) is 3.81. The van der Waals surface area contributed by atoms with Crippen molar-refractivity contribution >= 4 is 22.4 Å². The minimum atomic E-state index is 0.460. The van der Waals surface area contributed by atoms with Crippen LogP contribution in [-0.4, -0.2) is 50.7 Å². The summed E-state index contributed by atoms with van der Waals surface area (Å²) < 4.78 is 9.31. The van der Waals surface area contributed by atoms with Crippen LogP contribution in [0.2, 0.25) is 0 Å². The Labute approximate surface area is 157 Å². The fourth-order valence-electron chi connectivity index (χ4n) is 3.81. The predicted molar refractivity (Wildman–Crippen MR) is 105 cm³/mol. The van der Waals surface area contributed by atoms with Crippen LogP contribution in [0.3, 0.4) is 0 Å². The zero-order valence-corrected chi connectivity index (χ0v) is 15.5. The first-order valence-corrected chi connectivity index (χ1v) is 9.28. The number of imidazole rings is 1. The molecule has 1 saturated heterocycles. The second-order valence-electron chi connectivity index (χ2n) is 7.10. The van der Waals surface area contributed by atoms with Gasteiger partial charge < -0.3 is 9.64 Å². The summed E-state index contributed by atoms with van der Waals surface area (Å²) in [6, 6.07) is 10.9. The summed E-state index contributed by atoms with van der Waals surface area (Å²) in [7, 11) is 4.07. The van der Waals surface area contributed by atoms with E-state index in [1.807, 2.05) is 40.8 Å². The maximum atomic E-state index is 5.49. The van der Waals surface area contributed by atoms with Crippen LogP contribution in [-0.2, 0) is 11.8 Å². The minimum Gasteiger partial charge on any atom is -0.381 e. The quantitative estimate of drug-likeness (QED) is 0.561. The molecule has 27 heavy (non-hydrogen) atoms. The van der Waals surface area contributed by atoms with Gasteiger partial charge in [-0.15, -0.1) is 5.10 Å². The molecule has 4 aromatic rings. The third-order valence-corrected chi connectivity index (χ3v) is 5.49. The molecule has 0 N–H and O–H groups in total. The summed E-state index contributed by atoms with van der Waals surface area (Å²) in [5.74, 6) is 0.954. The number of aryl methyl sites for hydroxylation is 1. The van der Waals surface area contributed by atoms with Crippen molar-refractivity contribution in [2.75, 3.05) is 25.2 Å². The molecular formula is C20H22N6O. The van der Waals surface area contributed by atoms with Gasteiger partial charge in [0.05, 0.1) is 23.6 Å². The molecule has 1 aliphatic rings. The number of hydrogen-bond donors (Lipinski definition) is 0. The van der Waals surface area contributed by atoms with Gasteiger partial charge in [-0.1, -0.05) is 12.1 Å². The lowest BCUT2D eigenvalue weighted by molar-refractivity contribution is 0.0853. The van der Waals surface area contributed by atoms with E-state index in [2.05, 4.69) is 40.2 Å². The average molecular weight is 362 g/mol. The molecule has 1 aliphatic heterocycles. The number of aromatic nitrogens is 5. The zero-order chi connectivity index (χ0) is 18.4. The zero-order valence-electron chi connectivity index (χ0n) is 15.5. The standard InChI is InChI=1S/C20H22N6O/c1-24(16-7-9-27-10-8-16)20-6-5-19-21-13-18(26(19)23-20)14-3-4-15-12-22-25(2)17(15)11-14/h3-6,11-13,16H,7-10H2,1-2H3. The Morgan fingerprint density at radius 2 is 1.96 bits per heavy atom. The van der Waals surface area contributed by atoms with Gasteiger partial charge in [0, 0.05) is 44.3 Å². The molecule has 138 valence electrons. The molecule has 1 fully saturated rings. The van der Waals surface area contributed by atoms with Gasteiger partial charge in [0.1, 0.15) is 5.82 Å². The van der Waals surface area contributed by atoms with Gasteiger partial charge in [0.25, 0.3) is 0 Å². The number of anilines is 1. The summed E-state index contributed by atoms with van der Waals surface area (Å²) in [5.41, 5.74) is 4.00. The van der Waals surface area contributed by atoms with E-state index in [4.69, 9.17) is 9.84 Å². The number of ether oxygens (including phenoxy) is 1. The molecule has 0 saturated carbocycles. The molecule has 4 heterocycles. The number of nitrogens with zero attached hydrogens (tertiary/aromatic N) is 6. The fraction of sp³-hybridized carbons (Fsp3) is 0.350. The van der Waals surface area contributed by atoms with Gasteiger partial charge >= 0.3 is 0 Å². The maximum absolute atomic E-state index is 5.49. The predicted octanol–water partition coefficient (Wildman–Crippen LogP) is 2.90. The van der Waals surface area contributed by atoms with Crippen molar-refractivity contribution in [2.45, 2.75) is 18.9 Å². The summed E-state index contributed by atoms with van der Waals surface area (Å²) in [6.45, 7) is 1.64. The number of benzene rings is 1. The number of rotatable bonds is 3. The first-order chi connectivity index (χ1) is 13.2. The van der Waals surface area contributed by atoms with Gasteiger partial charge in [-0.2, -0.15) is 5.10 Å². The summed E-state index contributed by atoms with van der Waals surface area (Å²) in [4.78, 5) is 6.80. The Bertz CT molecular complexity index is 1110. The second-order valence-corrected chi connectivity index (χ2v) is 7.10. The summed E-state index contributed by atoms with van der Waals surface area (Å²) in [6.07, 6.45) is 5.83. The highest BCUT2D eigenvalue weighted by molar-refractivity contribution is 5.84. The highest BCUT2D eigenvalue weighted by Crippen LogP contribution is 2.26. The van der Waals surface area contributed by atoms with Crippen LogP contribution in [0.1, 0.15) is 12.8 Å². The van der Waals surface area contributed by atoms with Crippen molar-refractivity contribution in [3.63, 3.8) is 0 Å². The van der Waals surface area contributed by atoms with Crippen molar-refractivity contribution in [3.8, 4) is 11.3 Å². The highest BCUT2D eigenvalue weighted by atomic mass is 16.5. The molecule has 0 unspecified atom stereocenters. The molecule has 1 aromatic carbocycles. The van der Waals surface area contributed by atoms with E-state index in [1.165, 1.54) is 0 Å². The van der Waals surface area contributed by atoms with Crippen LogP contribution in [0, 0.1) is 0 Å². The SMILES string of the molecule is CN(c1ccc2ncc(-c3ccc4cnn(C)c4c3)n2n1)C1CCOCC1. The van der Waals surface area contributed by atoms with Crippen molar-refractivity contribution in [1.29, 1.82) is 0 Å². The molecule has 7 nitrogen and oxygen atoms in total. The molecule has 0 bridgehead atoms. The van der Waals surface area contributed by atoms with Crippen molar-refractivity contribution in [3.05, 3.63) is 42.7 Å². The van der Waals surface area contributed by atoms with Gasteiger partial charge in [0.2, 0.25) is 0 Å². The molecule has 0 amide bonds. The van der Waals surface area contributed by atoms with E-state index in [0.29, 0.717) is 6.04 Å². The van der Waals surface area contributed by atoms with Crippen LogP contribution in [0.4, 0.5) is 5.82 Å². The molecular weight excluding hydrogens is 340 g/mol. The molecule has 3 aromatic heterocycles. The van der Waals surface area contributed by atoms with Crippen LogP contribution in [0.25, 0.3) is 27.8 Å². The van der Waals surface area contributed by atoms with Crippen LogP contribution in [0.15, 0.2) is 42.7 Å². The van der Waals surface area contributed by atoms with Gasteiger partial charge in [-0.25, -0.2) is 9.50 Å². The van der Waals surface area contributed by atoms with Crippen molar-refractivity contribution in [1.82, 2.24) is 24.4 Å². The number of hydrogen-bond acceptors (Lipinski definition) is 5. The molecule has 0 atom stereocenters. The van der Waals surface area contributed by atoms with Gasteiger partial charge in [0.15, 0.2) is 5.65 Å².